The lowest BCUT2D eigenvalue weighted by atomic mass is 10.1. The summed E-state index contributed by atoms with van der Waals surface area (Å²) in [5.41, 5.74) is 3.30. The monoisotopic (exact) mass is 581 g/mol. The van der Waals surface area contributed by atoms with Crippen molar-refractivity contribution >= 4 is 44.6 Å². The highest BCUT2D eigenvalue weighted by Gasteiger charge is 2.16. The number of hydrogen-bond acceptors (Lipinski definition) is 5. The molecule has 0 aliphatic heterocycles. The molecular formula is C29H29BrClN3O3. The number of ether oxygens (including phenoxy) is 2. The highest BCUT2D eigenvalue weighted by Crippen LogP contribution is 2.37. The lowest BCUT2D eigenvalue weighted by molar-refractivity contribution is 0.269. The number of fused-ring (bicyclic) bond motifs is 1. The lowest BCUT2D eigenvalue weighted by Crippen LogP contribution is -2.23. The summed E-state index contributed by atoms with van der Waals surface area (Å²) in [6.07, 6.45) is 2.41. The van der Waals surface area contributed by atoms with E-state index >= 15 is 0 Å². The SMILES string of the molecule is CCOc1cc(C=Nn2c([C@@H](C)CC)nc3ccc(Br)cc3c2=O)cc(Cl)c1OCc1ccc(C)cc1. The largest absolute Gasteiger partial charge is 0.490 e. The minimum Gasteiger partial charge on any atom is -0.490 e. The van der Waals surface area contributed by atoms with Gasteiger partial charge < -0.3 is 9.47 Å². The molecule has 0 unspecified atom stereocenters. The van der Waals surface area contributed by atoms with E-state index < -0.39 is 0 Å². The number of hydrogen-bond donors (Lipinski definition) is 0. The van der Waals surface area contributed by atoms with Crippen LogP contribution in [0.15, 0.2) is 69.0 Å². The molecule has 37 heavy (non-hydrogen) atoms. The molecule has 192 valence electrons. The molecule has 4 aromatic rings. The second-order valence-corrected chi connectivity index (χ2v) is 10.2. The smallest absolute Gasteiger partial charge is 0.282 e. The van der Waals surface area contributed by atoms with E-state index in [0.29, 0.717) is 52.0 Å². The fraction of sp³-hybridized carbons (Fsp3) is 0.276. The molecule has 1 heterocycles. The minimum absolute atomic E-state index is 0.0398. The molecule has 6 nitrogen and oxygen atoms in total. The average Bonchev–Trinajstić information content (AvgIpc) is 2.88. The first-order valence-electron chi connectivity index (χ1n) is 12.2. The Morgan fingerprint density at radius 1 is 1.11 bits per heavy atom. The van der Waals surface area contributed by atoms with Gasteiger partial charge in [-0.05, 0) is 61.7 Å². The van der Waals surface area contributed by atoms with Crippen LogP contribution in [-0.4, -0.2) is 22.5 Å². The summed E-state index contributed by atoms with van der Waals surface area (Å²) in [5.74, 6) is 1.63. The highest BCUT2D eigenvalue weighted by molar-refractivity contribution is 9.10. The summed E-state index contributed by atoms with van der Waals surface area (Å²) in [6, 6.07) is 17.2. The third-order valence-corrected chi connectivity index (χ3v) is 6.82. The van der Waals surface area contributed by atoms with Crippen molar-refractivity contribution in [1.82, 2.24) is 9.66 Å². The van der Waals surface area contributed by atoms with Gasteiger partial charge >= 0.3 is 0 Å². The van der Waals surface area contributed by atoms with Crippen molar-refractivity contribution in [1.29, 1.82) is 0 Å². The molecule has 8 heteroatoms. The summed E-state index contributed by atoms with van der Waals surface area (Å²) in [7, 11) is 0. The summed E-state index contributed by atoms with van der Waals surface area (Å²) in [4.78, 5) is 18.1. The van der Waals surface area contributed by atoms with Crippen molar-refractivity contribution in [3.05, 3.63) is 97.0 Å². The van der Waals surface area contributed by atoms with Crippen molar-refractivity contribution in [2.45, 2.75) is 46.6 Å². The molecule has 1 aromatic heterocycles. The van der Waals surface area contributed by atoms with Crippen LogP contribution in [0.5, 0.6) is 11.5 Å². The molecule has 3 aromatic carbocycles. The molecule has 0 fully saturated rings. The molecule has 1 atom stereocenters. The van der Waals surface area contributed by atoms with Crippen molar-refractivity contribution in [2.75, 3.05) is 6.61 Å². The molecule has 0 radical (unpaired) electrons. The van der Waals surface area contributed by atoms with E-state index in [1.807, 2.05) is 63.2 Å². The Morgan fingerprint density at radius 3 is 2.57 bits per heavy atom. The normalized spacial score (nSPS) is 12.3. The van der Waals surface area contributed by atoms with Gasteiger partial charge in [0.15, 0.2) is 11.5 Å². The lowest BCUT2D eigenvalue weighted by Gasteiger charge is -2.15. The molecule has 0 saturated carbocycles. The Bertz CT molecular complexity index is 1500. The summed E-state index contributed by atoms with van der Waals surface area (Å²) >= 11 is 10.1. The van der Waals surface area contributed by atoms with E-state index in [1.54, 1.807) is 18.3 Å². The van der Waals surface area contributed by atoms with Crippen molar-refractivity contribution in [2.24, 2.45) is 5.10 Å². The van der Waals surface area contributed by atoms with Crippen molar-refractivity contribution in [3.8, 4) is 11.5 Å². The van der Waals surface area contributed by atoms with Gasteiger partial charge in [-0.2, -0.15) is 9.78 Å². The number of rotatable bonds is 9. The Morgan fingerprint density at radius 2 is 1.86 bits per heavy atom. The Balaban J connectivity index is 1.71. The van der Waals surface area contributed by atoms with E-state index in [9.17, 15) is 4.79 Å². The van der Waals surface area contributed by atoms with Gasteiger partial charge in [0, 0.05) is 10.4 Å². The minimum atomic E-state index is -0.230. The average molecular weight is 583 g/mol. The van der Waals surface area contributed by atoms with Crippen LogP contribution >= 0.6 is 27.5 Å². The van der Waals surface area contributed by atoms with Gasteiger partial charge in [-0.25, -0.2) is 4.98 Å². The standard InChI is InChI=1S/C29H29BrClN3O3/c1-5-19(4)28-33-25-12-11-22(30)15-23(25)29(35)34(28)32-16-21-13-24(31)27(26(14-21)36-6-2)37-17-20-9-7-18(3)8-10-20/h7-16,19H,5-6,17H2,1-4H3/t19-/m0/s1. The van der Waals surface area contributed by atoms with Gasteiger partial charge in [-0.3, -0.25) is 4.79 Å². The zero-order valence-corrected chi connectivity index (χ0v) is 23.6. The molecule has 4 rings (SSSR count). The highest BCUT2D eigenvalue weighted by atomic mass is 79.9. The third kappa shape index (κ3) is 6.22. The molecule has 0 bridgehead atoms. The van der Waals surface area contributed by atoms with Gasteiger partial charge in [0.2, 0.25) is 0 Å². The van der Waals surface area contributed by atoms with Crippen molar-refractivity contribution in [3.63, 3.8) is 0 Å². The van der Waals surface area contributed by atoms with Crippen LogP contribution in [0.25, 0.3) is 10.9 Å². The first kappa shape index (κ1) is 26.9. The first-order chi connectivity index (χ1) is 17.8. The second-order valence-electron chi connectivity index (χ2n) is 8.84. The topological polar surface area (TPSA) is 65.7 Å². The van der Waals surface area contributed by atoms with Gasteiger partial charge in [0.1, 0.15) is 12.4 Å². The quantitative estimate of drug-likeness (QED) is 0.192. The molecule has 0 N–H and O–H groups in total. The van der Waals surface area contributed by atoms with Crippen LogP contribution in [0.2, 0.25) is 5.02 Å². The fourth-order valence-corrected chi connectivity index (χ4v) is 4.44. The number of halogens is 2. The Kier molecular flexibility index (Phi) is 8.67. The third-order valence-electron chi connectivity index (χ3n) is 6.04. The van der Waals surface area contributed by atoms with E-state index in [1.165, 1.54) is 10.2 Å². The predicted molar refractivity (Wildman–Crippen MR) is 154 cm³/mol. The van der Waals surface area contributed by atoms with Crippen molar-refractivity contribution < 1.29 is 9.47 Å². The molecule has 0 spiro atoms. The van der Waals surface area contributed by atoms with E-state index in [0.717, 1.165) is 16.5 Å². The van der Waals surface area contributed by atoms with Gasteiger partial charge in [-0.1, -0.05) is 71.2 Å². The summed E-state index contributed by atoms with van der Waals surface area (Å²) in [6.45, 7) is 8.83. The van der Waals surface area contributed by atoms with Crippen LogP contribution < -0.4 is 15.0 Å². The summed E-state index contributed by atoms with van der Waals surface area (Å²) < 4.78 is 14.1. The fourth-order valence-electron chi connectivity index (χ4n) is 3.81. The molecule has 0 aliphatic carbocycles. The van der Waals surface area contributed by atoms with E-state index in [-0.39, 0.29) is 11.5 Å². The molecule has 0 saturated heterocycles. The molecule has 0 aliphatic rings. The van der Waals surface area contributed by atoms with Crippen LogP contribution in [-0.2, 0) is 6.61 Å². The number of benzene rings is 3. The van der Waals surface area contributed by atoms with Gasteiger partial charge in [0.05, 0.1) is 28.7 Å². The maximum absolute atomic E-state index is 13.4. The van der Waals surface area contributed by atoms with Crippen LogP contribution in [0.1, 0.15) is 55.6 Å². The van der Waals surface area contributed by atoms with Crippen LogP contribution in [0.3, 0.4) is 0 Å². The number of nitrogens with zero attached hydrogens (tertiary/aromatic N) is 3. The van der Waals surface area contributed by atoms with Gasteiger partial charge in [-0.15, -0.1) is 0 Å². The zero-order chi connectivity index (χ0) is 26.5. The molecular weight excluding hydrogens is 554 g/mol. The Hall–Kier alpha value is -3.16. The Labute approximate surface area is 230 Å². The molecule has 0 amide bonds. The van der Waals surface area contributed by atoms with Gasteiger partial charge in [0.25, 0.3) is 5.56 Å². The number of aryl methyl sites for hydroxylation is 1. The van der Waals surface area contributed by atoms with E-state index in [2.05, 4.69) is 28.0 Å². The maximum Gasteiger partial charge on any atom is 0.282 e. The van der Waals surface area contributed by atoms with Crippen LogP contribution in [0, 0.1) is 6.92 Å². The predicted octanol–water partition coefficient (Wildman–Crippen LogP) is 7.49. The number of aromatic nitrogens is 2. The maximum atomic E-state index is 13.4. The van der Waals surface area contributed by atoms with Crippen LogP contribution in [0.4, 0.5) is 0 Å². The zero-order valence-electron chi connectivity index (χ0n) is 21.3. The summed E-state index contributed by atoms with van der Waals surface area (Å²) in [5, 5.41) is 5.43. The second kappa shape index (κ2) is 11.9. The van der Waals surface area contributed by atoms with E-state index in [4.69, 9.17) is 26.1 Å². The first-order valence-corrected chi connectivity index (χ1v) is 13.4.